The molecule has 0 unspecified atom stereocenters. The standard InChI is InChI=1S/C20H13BrN4O8S/c21-15-4-9-19(33-34(31,32)18-7-5-16(6-8-18)24(27)28)14(10-15)12-22-23-20(26)13-2-1-3-17(11-13)25(29)30/h1-12H,(H,23,26)/b22-12-. The lowest BCUT2D eigenvalue weighted by atomic mass is 10.2. The Labute approximate surface area is 200 Å². The molecule has 1 amide bonds. The number of rotatable bonds is 8. The quantitative estimate of drug-likeness (QED) is 0.191. The molecule has 0 spiro atoms. The molecule has 0 fully saturated rings. The van der Waals surface area contributed by atoms with Gasteiger partial charge in [-0.25, -0.2) is 5.43 Å². The summed E-state index contributed by atoms with van der Waals surface area (Å²) in [6.45, 7) is 0. The molecule has 0 aromatic heterocycles. The van der Waals surface area contributed by atoms with Crippen LogP contribution in [0.25, 0.3) is 0 Å². The number of carbonyl (C=O) groups is 1. The molecule has 3 aromatic carbocycles. The van der Waals surface area contributed by atoms with Crippen LogP contribution >= 0.6 is 15.9 Å². The van der Waals surface area contributed by atoms with Gasteiger partial charge in [0.15, 0.2) is 5.75 Å². The molecule has 3 rings (SSSR count). The lowest BCUT2D eigenvalue weighted by Gasteiger charge is -2.10. The Hall–Kier alpha value is -4.17. The van der Waals surface area contributed by atoms with Gasteiger partial charge in [-0.3, -0.25) is 25.0 Å². The Bertz CT molecular complexity index is 1410. The number of halogens is 1. The SMILES string of the molecule is O=C(N/N=C\c1cc(Br)ccc1OS(=O)(=O)c1ccc([N+](=O)[O-])cc1)c1cccc([N+](=O)[O-])c1. The third kappa shape index (κ3) is 5.99. The highest BCUT2D eigenvalue weighted by Crippen LogP contribution is 2.26. The van der Waals surface area contributed by atoms with E-state index < -0.39 is 25.9 Å². The molecule has 3 aromatic rings. The maximum absolute atomic E-state index is 12.6. The maximum atomic E-state index is 12.6. The second kappa shape index (κ2) is 10.2. The number of nitro groups is 2. The fraction of sp³-hybridized carbons (Fsp3) is 0. The van der Waals surface area contributed by atoms with Gasteiger partial charge >= 0.3 is 10.1 Å². The van der Waals surface area contributed by atoms with Crippen LogP contribution in [0.5, 0.6) is 5.75 Å². The Morgan fingerprint density at radius 2 is 1.65 bits per heavy atom. The Balaban J connectivity index is 1.80. The van der Waals surface area contributed by atoms with Gasteiger partial charge in [0.2, 0.25) is 0 Å². The first-order valence-electron chi connectivity index (χ1n) is 9.13. The zero-order valence-electron chi connectivity index (χ0n) is 16.8. The first-order valence-corrected chi connectivity index (χ1v) is 11.3. The summed E-state index contributed by atoms with van der Waals surface area (Å²) >= 11 is 3.24. The molecule has 0 atom stereocenters. The van der Waals surface area contributed by atoms with Gasteiger partial charge in [-0.1, -0.05) is 22.0 Å². The van der Waals surface area contributed by atoms with Crippen LogP contribution in [-0.4, -0.2) is 30.4 Å². The van der Waals surface area contributed by atoms with E-state index in [4.69, 9.17) is 4.18 Å². The molecule has 0 aliphatic rings. The molecule has 1 N–H and O–H groups in total. The second-order valence-corrected chi connectivity index (χ2v) is 8.94. The molecular weight excluding hydrogens is 536 g/mol. The van der Waals surface area contributed by atoms with E-state index in [0.29, 0.717) is 4.47 Å². The third-order valence-corrected chi connectivity index (χ3v) is 5.94. The van der Waals surface area contributed by atoms with Crippen LogP contribution in [0, 0.1) is 20.2 Å². The smallest absolute Gasteiger partial charge is 0.339 e. The van der Waals surface area contributed by atoms with Crippen molar-refractivity contribution in [2.45, 2.75) is 4.90 Å². The predicted octanol–water partition coefficient (Wildman–Crippen LogP) is 3.80. The van der Waals surface area contributed by atoms with Gasteiger partial charge in [-0.2, -0.15) is 13.5 Å². The number of hydrogen-bond donors (Lipinski definition) is 1. The molecule has 0 aliphatic carbocycles. The highest BCUT2D eigenvalue weighted by atomic mass is 79.9. The topological polar surface area (TPSA) is 171 Å². The third-order valence-electron chi connectivity index (χ3n) is 4.20. The summed E-state index contributed by atoms with van der Waals surface area (Å²) in [6.07, 6.45) is 1.13. The normalized spacial score (nSPS) is 11.2. The van der Waals surface area contributed by atoms with Crippen LogP contribution in [0.3, 0.4) is 0 Å². The average molecular weight is 549 g/mol. The summed E-state index contributed by atoms with van der Waals surface area (Å²) in [6, 6.07) is 13.5. The number of amides is 1. The summed E-state index contributed by atoms with van der Waals surface area (Å²) in [4.78, 5) is 32.2. The van der Waals surface area contributed by atoms with E-state index in [1.54, 1.807) is 0 Å². The van der Waals surface area contributed by atoms with Crippen LogP contribution in [0.1, 0.15) is 15.9 Å². The van der Waals surface area contributed by atoms with Gasteiger partial charge in [-0.05, 0) is 36.4 Å². The molecule has 0 heterocycles. The van der Waals surface area contributed by atoms with Crippen molar-refractivity contribution in [3.8, 4) is 5.75 Å². The molecule has 34 heavy (non-hydrogen) atoms. The largest absolute Gasteiger partial charge is 0.378 e. The van der Waals surface area contributed by atoms with Gasteiger partial charge in [0.25, 0.3) is 17.3 Å². The fourth-order valence-corrected chi connectivity index (χ4v) is 3.92. The van der Waals surface area contributed by atoms with Gasteiger partial charge in [0, 0.05) is 39.9 Å². The molecule has 0 saturated carbocycles. The van der Waals surface area contributed by atoms with Gasteiger partial charge in [-0.15, -0.1) is 0 Å². The Kier molecular flexibility index (Phi) is 7.33. The fourth-order valence-electron chi connectivity index (χ4n) is 2.58. The maximum Gasteiger partial charge on any atom is 0.339 e. The lowest BCUT2D eigenvalue weighted by molar-refractivity contribution is -0.385. The van der Waals surface area contributed by atoms with E-state index in [1.165, 1.54) is 36.4 Å². The minimum absolute atomic E-state index is 0.00202. The second-order valence-electron chi connectivity index (χ2n) is 6.48. The minimum atomic E-state index is -4.34. The van der Waals surface area contributed by atoms with E-state index in [-0.39, 0.29) is 33.1 Å². The van der Waals surface area contributed by atoms with E-state index in [1.807, 2.05) is 0 Å². The highest BCUT2D eigenvalue weighted by Gasteiger charge is 2.20. The van der Waals surface area contributed by atoms with Crippen LogP contribution in [0.4, 0.5) is 11.4 Å². The molecule has 0 radical (unpaired) electrons. The van der Waals surface area contributed by atoms with Crippen molar-refractivity contribution in [2.24, 2.45) is 5.10 Å². The van der Waals surface area contributed by atoms with Crippen molar-refractivity contribution in [1.82, 2.24) is 5.43 Å². The Morgan fingerprint density at radius 1 is 0.971 bits per heavy atom. The molecule has 0 saturated heterocycles. The number of hydrogen-bond acceptors (Lipinski definition) is 9. The predicted molar refractivity (Wildman–Crippen MR) is 123 cm³/mol. The molecule has 14 heteroatoms. The number of nitrogens with one attached hydrogen (secondary N) is 1. The molecule has 0 aliphatic heterocycles. The van der Waals surface area contributed by atoms with Crippen LogP contribution in [0.15, 0.2) is 81.2 Å². The van der Waals surface area contributed by atoms with Crippen molar-refractivity contribution in [1.29, 1.82) is 0 Å². The summed E-state index contributed by atoms with van der Waals surface area (Å²) in [5, 5.41) is 25.4. The lowest BCUT2D eigenvalue weighted by Crippen LogP contribution is -2.18. The monoisotopic (exact) mass is 548 g/mol. The summed E-state index contributed by atoms with van der Waals surface area (Å²) in [5.74, 6) is -0.856. The van der Waals surface area contributed by atoms with Crippen LogP contribution < -0.4 is 9.61 Å². The van der Waals surface area contributed by atoms with Crippen LogP contribution in [0.2, 0.25) is 0 Å². The first-order chi connectivity index (χ1) is 16.1. The molecule has 174 valence electrons. The van der Waals surface area contributed by atoms with Crippen molar-refractivity contribution in [3.63, 3.8) is 0 Å². The molecular formula is C20H13BrN4O8S. The Morgan fingerprint density at radius 3 is 2.29 bits per heavy atom. The summed E-state index contributed by atoms with van der Waals surface area (Å²) < 4.78 is 30.9. The highest BCUT2D eigenvalue weighted by molar-refractivity contribution is 9.10. The number of nitro benzene ring substituents is 2. The van der Waals surface area contributed by atoms with Crippen molar-refractivity contribution in [2.75, 3.05) is 0 Å². The van der Waals surface area contributed by atoms with Crippen molar-refractivity contribution in [3.05, 3.63) is 103 Å². The zero-order chi connectivity index (χ0) is 24.9. The van der Waals surface area contributed by atoms with E-state index in [0.717, 1.165) is 36.5 Å². The number of non-ortho nitro benzene ring substituents is 2. The first kappa shape index (κ1) is 24.5. The molecule has 0 bridgehead atoms. The van der Waals surface area contributed by atoms with Crippen molar-refractivity contribution >= 4 is 49.5 Å². The van der Waals surface area contributed by atoms with Crippen molar-refractivity contribution < 1.29 is 27.2 Å². The van der Waals surface area contributed by atoms with E-state index in [9.17, 15) is 33.4 Å². The summed E-state index contributed by atoms with van der Waals surface area (Å²) in [5.41, 5.74) is 1.81. The van der Waals surface area contributed by atoms with Gasteiger partial charge in [0.05, 0.1) is 16.1 Å². The average Bonchev–Trinajstić information content (AvgIpc) is 2.80. The van der Waals surface area contributed by atoms with E-state index >= 15 is 0 Å². The van der Waals surface area contributed by atoms with Gasteiger partial charge < -0.3 is 4.18 Å². The minimum Gasteiger partial charge on any atom is -0.378 e. The van der Waals surface area contributed by atoms with Gasteiger partial charge in [0.1, 0.15) is 4.90 Å². The van der Waals surface area contributed by atoms with Crippen LogP contribution in [-0.2, 0) is 10.1 Å². The number of hydrazone groups is 1. The number of benzene rings is 3. The molecule has 12 nitrogen and oxygen atoms in total. The number of carbonyl (C=O) groups excluding carboxylic acids is 1. The number of nitrogens with zero attached hydrogens (tertiary/aromatic N) is 3. The summed E-state index contributed by atoms with van der Waals surface area (Å²) in [7, 11) is -4.34. The zero-order valence-corrected chi connectivity index (χ0v) is 19.2. The van der Waals surface area contributed by atoms with E-state index in [2.05, 4.69) is 26.5 Å².